The molecule has 2 amide bonds. The van der Waals surface area contributed by atoms with Gasteiger partial charge in [-0.2, -0.15) is 0 Å². The van der Waals surface area contributed by atoms with Gasteiger partial charge in [-0.05, 0) is 25.7 Å². The monoisotopic (exact) mass is 324 g/mol. The van der Waals surface area contributed by atoms with Gasteiger partial charge in [0.15, 0.2) is 0 Å². The Kier molecular flexibility index (Phi) is 3.07. The molecular weight excluding hydrogens is 312 g/mol. The Morgan fingerprint density at radius 3 is 1.86 bits per heavy atom. The molecule has 14 heavy (non-hydrogen) atoms. The fraction of sp³-hybridized carbons (Fsp3) is 0.889. The highest BCUT2D eigenvalue weighted by Crippen LogP contribution is 2.39. The Morgan fingerprint density at radius 2 is 1.50 bits per heavy atom. The molecule has 2 rings (SSSR count). The average Bonchev–Trinajstić information content (AvgIpc) is 2.52. The van der Waals surface area contributed by atoms with Crippen molar-refractivity contribution < 1.29 is 4.79 Å². The fourth-order valence-electron chi connectivity index (χ4n) is 2.61. The molecule has 3 nitrogen and oxygen atoms in total. The van der Waals surface area contributed by atoms with Crippen molar-refractivity contribution in [1.82, 2.24) is 4.90 Å². The van der Waals surface area contributed by atoms with Gasteiger partial charge >= 0.3 is 6.03 Å². The van der Waals surface area contributed by atoms with Crippen LogP contribution in [0.3, 0.4) is 0 Å². The van der Waals surface area contributed by atoms with Crippen LogP contribution in [0.5, 0.6) is 0 Å². The van der Waals surface area contributed by atoms with E-state index >= 15 is 0 Å². The van der Waals surface area contributed by atoms with Gasteiger partial charge in [0.05, 0.1) is 0 Å². The second kappa shape index (κ2) is 4.00. The van der Waals surface area contributed by atoms with E-state index < -0.39 is 0 Å². The normalized spacial score (nSPS) is 42.3. The van der Waals surface area contributed by atoms with Gasteiger partial charge in [-0.25, -0.2) is 4.79 Å². The zero-order valence-corrected chi connectivity index (χ0v) is 11.0. The third-order valence-corrected chi connectivity index (χ3v) is 5.42. The SMILES string of the molecule is NC(=O)N1[C@@H]2CC[C@H]1[C@@H](Br)CC[C@H]2Br. The maximum atomic E-state index is 11.4. The number of amides is 2. The van der Waals surface area contributed by atoms with Crippen molar-refractivity contribution in [2.24, 2.45) is 5.73 Å². The Labute approximate surface area is 101 Å². The molecule has 0 radical (unpaired) electrons. The summed E-state index contributed by atoms with van der Waals surface area (Å²) in [6.45, 7) is 0. The van der Waals surface area contributed by atoms with E-state index in [2.05, 4.69) is 31.9 Å². The third-order valence-electron chi connectivity index (χ3n) is 3.28. The molecule has 0 aromatic heterocycles. The van der Waals surface area contributed by atoms with Gasteiger partial charge < -0.3 is 10.6 Å². The molecule has 0 saturated carbocycles. The molecule has 80 valence electrons. The van der Waals surface area contributed by atoms with Gasteiger partial charge in [0.25, 0.3) is 0 Å². The maximum absolute atomic E-state index is 11.4. The van der Waals surface area contributed by atoms with Crippen LogP contribution in [-0.2, 0) is 0 Å². The maximum Gasteiger partial charge on any atom is 0.315 e. The van der Waals surface area contributed by atoms with E-state index in [0.29, 0.717) is 21.7 Å². The Bertz CT molecular complexity index is 231. The van der Waals surface area contributed by atoms with Crippen molar-refractivity contribution in [3.05, 3.63) is 0 Å². The van der Waals surface area contributed by atoms with Crippen LogP contribution in [0.25, 0.3) is 0 Å². The number of carbonyl (C=O) groups excluding carboxylic acids is 1. The number of hydrogen-bond acceptors (Lipinski definition) is 1. The lowest BCUT2D eigenvalue weighted by Gasteiger charge is -2.29. The zero-order valence-electron chi connectivity index (χ0n) is 7.83. The Morgan fingerprint density at radius 1 is 1.07 bits per heavy atom. The van der Waals surface area contributed by atoms with Crippen LogP contribution in [0.15, 0.2) is 0 Å². The molecule has 2 heterocycles. The molecular formula is C9H14Br2N2O. The second-order valence-corrected chi connectivity index (χ2v) is 6.42. The van der Waals surface area contributed by atoms with Gasteiger partial charge in [-0.3, -0.25) is 0 Å². The summed E-state index contributed by atoms with van der Waals surface area (Å²) in [5.74, 6) is 0. The largest absolute Gasteiger partial charge is 0.351 e. The smallest absolute Gasteiger partial charge is 0.315 e. The van der Waals surface area contributed by atoms with Crippen LogP contribution in [-0.4, -0.2) is 32.7 Å². The summed E-state index contributed by atoms with van der Waals surface area (Å²) in [6, 6.07) is 0.341. The Hall–Kier alpha value is 0.230. The van der Waals surface area contributed by atoms with E-state index in [0.717, 1.165) is 25.7 Å². The van der Waals surface area contributed by atoms with Crippen LogP contribution in [0.2, 0.25) is 0 Å². The number of rotatable bonds is 0. The summed E-state index contributed by atoms with van der Waals surface area (Å²) in [7, 11) is 0. The summed E-state index contributed by atoms with van der Waals surface area (Å²) in [4.78, 5) is 14.0. The minimum absolute atomic E-state index is 0.270. The molecule has 2 N–H and O–H groups in total. The fourth-order valence-corrected chi connectivity index (χ4v) is 4.17. The number of nitrogens with zero attached hydrogens (tertiary/aromatic N) is 1. The quantitative estimate of drug-likeness (QED) is 0.682. The van der Waals surface area contributed by atoms with E-state index in [9.17, 15) is 4.79 Å². The van der Waals surface area contributed by atoms with Crippen LogP contribution >= 0.6 is 31.9 Å². The first-order valence-corrected chi connectivity index (χ1v) is 6.80. The van der Waals surface area contributed by atoms with Crippen LogP contribution in [0, 0.1) is 0 Å². The number of hydrogen-bond donors (Lipinski definition) is 1. The van der Waals surface area contributed by atoms with Crippen molar-refractivity contribution in [2.75, 3.05) is 0 Å². The highest BCUT2D eigenvalue weighted by molar-refractivity contribution is 9.09. The van der Waals surface area contributed by atoms with Crippen molar-refractivity contribution >= 4 is 37.9 Å². The van der Waals surface area contributed by atoms with Crippen molar-refractivity contribution in [3.8, 4) is 0 Å². The molecule has 2 saturated heterocycles. The van der Waals surface area contributed by atoms with Crippen LogP contribution in [0.1, 0.15) is 25.7 Å². The summed E-state index contributed by atoms with van der Waals surface area (Å²) >= 11 is 7.31. The first kappa shape index (κ1) is 10.7. The number of halogens is 2. The Balaban J connectivity index is 2.25. The summed E-state index contributed by atoms with van der Waals surface area (Å²) in [5, 5.41) is 0. The number of primary amides is 1. The molecule has 4 atom stereocenters. The molecule has 0 unspecified atom stereocenters. The van der Waals surface area contributed by atoms with Gasteiger partial charge in [0.2, 0.25) is 0 Å². The average molecular weight is 326 g/mol. The minimum atomic E-state index is -0.270. The molecule has 5 heteroatoms. The van der Waals surface area contributed by atoms with Gasteiger partial charge in [-0.15, -0.1) is 0 Å². The van der Waals surface area contributed by atoms with Gasteiger partial charge in [0, 0.05) is 21.7 Å². The topological polar surface area (TPSA) is 46.3 Å². The number of alkyl halides is 2. The van der Waals surface area contributed by atoms with E-state index in [1.807, 2.05) is 4.90 Å². The van der Waals surface area contributed by atoms with E-state index in [1.54, 1.807) is 0 Å². The molecule has 0 aliphatic carbocycles. The number of carbonyl (C=O) groups is 1. The third kappa shape index (κ3) is 1.69. The molecule has 2 fully saturated rings. The zero-order chi connectivity index (χ0) is 10.3. The van der Waals surface area contributed by atoms with Crippen molar-refractivity contribution in [2.45, 2.75) is 47.4 Å². The van der Waals surface area contributed by atoms with Crippen molar-refractivity contribution in [1.29, 1.82) is 0 Å². The molecule has 0 aromatic carbocycles. The molecule has 0 spiro atoms. The first-order valence-electron chi connectivity index (χ1n) is 4.97. The first-order chi connectivity index (χ1) is 6.61. The van der Waals surface area contributed by atoms with Gasteiger partial charge in [-0.1, -0.05) is 31.9 Å². The highest BCUT2D eigenvalue weighted by Gasteiger charge is 2.44. The van der Waals surface area contributed by atoms with Gasteiger partial charge in [0.1, 0.15) is 0 Å². The lowest BCUT2D eigenvalue weighted by atomic mass is 10.0. The molecule has 0 aromatic rings. The lowest BCUT2D eigenvalue weighted by molar-refractivity contribution is 0.186. The second-order valence-electron chi connectivity index (χ2n) is 4.07. The van der Waals surface area contributed by atoms with Crippen LogP contribution < -0.4 is 5.73 Å². The summed E-state index contributed by atoms with van der Waals surface area (Å²) in [6.07, 6.45) is 4.37. The van der Waals surface area contributed by atoms with E-state index in [-0.39, 0.29) is 6.03 Å². The standard InChI is InChI=1S/C9H14Br2N2O/c10-5-1-2-6(11)8-4-3-7(5)13(8)9(12)14/h5-8H,1-4H2,(H2,12,14)/t5-,6+,7-,8+. The van der Waals surface area contributed by atoms with Crippen LogP contribution in [0.4, 0.5) is 4.79 Å². The molecule has 2 bridgehead atoms. The molecule has 2 aliphatic heterocycles. The number of urea groups is 1. The number of nitrogens with two attached hydrogens (primary N) is 1. The summed E-state index contributed by atoms with van der Waals surface area (Å²) in [5.41, 5.74) is 5.43. The lowest BCUT2D eigenvalue weighted by Crippen LogP contribution is -2.48. The number of fused-ring (bicyclic) bond motifs is 2. The van der Waals surface area contributed by atoms with E-state index in [1.165, 1.54) is 0 Å². The summed E-state index contributed by atoms with van der Waals surface area (Å²) < 4.78 is 0. The van der Waals surface area contributed by atoms with E-state index in [4.69, 9.17) is 5.73 Å². The minimum Gasteiger partial charge on any atom is -0.351 e. The van der Waals surface area contributed by atoms with Crippen molar-refractivity contribution in [3.63, 3.8) is 0 Å². The predicted octanol–water partition coefficient (Wildman–Crippen LogP) is 2.22. The predicted molar refractivity (Wildman–Crippen MR) is 62.9 cm³/mol. The highest BCUT2D eigenvalue weighted by atomic mass is 79.9. The molecule has 2 aliphatic rings.